The fourth-order valence-corrected chi connectivity index (χ4v) is 3.76. The van der Waals surface area contributed by atoms with Crippen molar-refractivity contribution in [2.24, 2.45) is 0 Å². The highest BCUT2D eigenvalue weighted by Gasteiger charge is 2.22. The second-order valence-corrected chi connectivity index (χ2v) is 7.91. The zero-order valence-corrected chi connectivity index (χ0v) is 15.0. The van der Waals surface area contributed by atoms with Crippen LogP contribution in [-0.4, -0.2) is 20.2 Å². The molecule has 0 bridgehead atoms. The summed E-state index contributed by atoms with van der Waals surface area (Å²) in [7, 11) is -4.08. The van der Waals surface area contributed by atoms with Crippen LogP contribution in [-0.2, 0) is 32.5 Å². The first kappa shape index (κ1) is 18.3. The second-order valence-electron chi connectivity index (χ2n) is 5.82. The van der Waals surface area contributed by atoms with Crippen molar-refractivity contribution in [1.82, 2.24) is 4.72 Å². The molecule has 1 aliphatic heterocycles. The number of hydrogen-bond donors (Lipinski definition) is 2. The van der Waals surface area contributed by atoms with Gasteiger partial charge in [0.25, 0.3) is 10.0 Å². The van der Waals surface area contributed by atoms with Crippen LogP contribution < -0.4 is 10.0 Å². The van der Waals surface area contributed by atoms with Gasteiger partial charge in [-0.3, -0.25) is 9.59 Å². The molecule has 0 radical (unpaired) electrons. The smallest absolute Gasteiger partial charge is 0.264 e. The summed E-state index contributed by atoms with van der Waals surface area (Å²) < 4.78 is 40.1. The molecule has 0 aromatic heterocycles. The molecule has 9 heteroatoms. The SMILES string of the molecule is O=C1CCc2cc(S(=O)(=O)NC(=O)Cc3ccc(Cl)c(F)c3)ccc2N1. The maximum atomic E-state index is 13.4. The summed E-state index contributed by atoms with van der Waals surface area (Å²) in [5.74, 6) is -1.61. The zero-order valence-electron chi connectivity index (χ0n) is 13.4. The van der Waals surface area contributed by atoms with Gasteiger partial charge in [-0.05, 0) is 47.9 Å². The molecule has 0 fully saturated rings. The van der Waals surface area contributed by atoms with Crippen LogP contribution in [0.3, 0.4) is 0 Å². The maximum Gasteiger partial charge on any atom is 0.264 e. The van der Waals surface area contributed by atoms with Gasteiger partial charge in [-0.2, -0.15) is 0 Å². The molecule has 1 aliphatic rings. The normalized spacial score (nSPS) is 13.7. The number of hydrogen-bond acceptors (Lipinski definition) is 4. The highest BCUT2D eigenvalue weighted by Crippen LogP contribution is 2.25. The monoisotopic (exact) mass is 396 g/mol. The minimum atomic E-state index is -4.08. The van der Waals surface area contributed by atoms with Crippen molar-refractivity contribution in [2.45, 2.75) is 24.2 Å². The van der Waals surface area contributed by atoms with Crippen LogP contribution >= 0.6 is 11.6 Å². The van der Waals surface area contributed by atoms with Crippen molar-refractivity contribution < 1.29 is 22.4 Å². The molecule has 0 spiro atoms. The van der Waals surface area contributed by atoms with Gasteiger partial charge in [-0.25, -0.2) is 17.5 Å². The lowest BCUT2D eigenvalue weighted by Gasteiger charge is -2.17. The van der Waals surface area contributed by atoms with Crippen molar-refractivity contribution >= 4 is 39.1 Å². The van der Waals surface area contributed by atoms with E-state index in [1.165, 1.54) is 30.3 Å². The molecule has 1 heterocycles. The third-order valence-electron chi connectivity index (χ3n) is 3.88. The molecular formula is C17H14ClFN2O4S. The van der Waals surface area contributed by atoms with Gasteiger partial charge in [-0.15, -0.1) is 0 Å². The quantitative estimate of drug-likeness (QED) is 0.830. The van der Waals surface area contributed by atoms with Crippen molar-refractivity contribution in [3.8, 4) is 0 Å². The first-order valence-electron chi connectivity index (χ1n) is 7.67. The van der Waals surface area contributed by atoms with Crippen LogP contribution in [0.1, 0.15) is 17.5 Å². The van der Waals surface area contributed by atoms with E-state index in [1.54, 1.807) is 0 Å². The molecule has 0 aliphatic carbocycles. The standard InChI is InChI=1S/C17H14ClFN2O4S/c18-13-4-1-10(7-14(13)19)8-17(23)21-26(24,25)12-3-5-15-11(9-12)2-6-16(22)20-15/h1,3-5,7,9H,2,6,8H2,(H,20,22)(H,21,23). The van der Waals surface area contributed by atoms with Gasteiger partial charge in [0.2, 0.25) is 11.8 Å². The molecule has 0 saturated heterocycles. The largest absolute Gasteiger partial charge is 0.326 e. The lowest BCUT2D eigenvalue weighted by molar-refractivity contribution is -0.119. The van der Waals surface area contributed by atoms with Crippen molar-refractivity contribution in [2.75, 3.05) is 5.32 Å². The number of rotatable bonds is 4. The van der Waals surface area contributed by atoms with Gasteiger partial charge < -0.3 is 5.32 Å². The summed E-state index contributed by atoms with van der Waals surface area (Å²) in [5.41, 5.74) is 1.54. The lowest BCUT2D eigenvalue weighted by atomic mass is 10.0. The van der Waals surface area contributed by atoms with E-state index in [2.05, 4.69) is 5.32 Å². The number of sulfonamides is 1. The first-order valence-corrected chi connectivity index (χ1v) is 9.53. The number of fused-ring (bicyclic) bond motifs is 1. The molecule has 3 rings (SSSR count). The molecule has 2 amide bonds. The van der Waals surface area contributed by atoms with Crippen molar-refractivity contribution in [1.29, 1.82) is 0 Å². The second kappa shape index (κ2) is 7.05. The van der Waals surface area contributed by atoms with Crippen molar-refractivity contribution in [3.63, 3.8) is 0 Å². The van der Waals surface area contributed by atoms with E-state index >= 15 is 0 Å². The van der Waals surface area contributed by atoms with Crippen LogP contribution in [0, 0.1) is 5.82 Å². The summed E-state index contributed by atoms with van der Waals surface area (Å²) in [4.78, 5) is 23.3. The summed E-state index contributed by atoms with van der Waals surface area (Å²) in [5, 5.41) is 2.57. The van der Waals surface area contributed by atoms with E-state index in [1.807, 2.05) is 4.72 Å². The van der Waals surface area contributed by atoms with Crippen LogP contribution in [0.4, 0.5) is 10.1 Å². The predicted octanol–water partition coefficient (Wildman–Crippen LogP) is 2.41. The van der Waals surface area contributed by atoms with E-state index in [4.69, 9.17) is 11.6 Å². The minimum absolute atomic E-state index is 0.0805. The number of anilines is 1. The van der Waals surface area contributed by atoms with Gasteiger partial charge in [0, 0.05) is 12.1 Å². The number of aryl methyl sites for hydroxylation is 1. The van der Waals surface area contributed by atoms with Gasteiger partial charge in [0.15, 0.2) is 0 Å². The topological polar surface area (TPSA) is 92.3 Å². The Kier molecular flexibility index (Phi) is 4.97. The molecule has 6 nitrogen and oxygen atoms in total. The minimum Gasteiger partial charge on any atom is -0.326 e. The van der Waals surface area contributed by atoms with E-state index in [0.717, 1.165) is 6.07 Å². The van der Waals surface area contributed by atoms with Crippen LogP contribution in [0.25, 0.3) is 0 Å². The third kappa shape index (κ3) is 4.03. The third-order valence-corrected chi connectivity index (χ3v) is 5.56. The number of amides is 2. The molecule has 136 valence electrons. The number of halogens is 2. The molecule has 0 atom stereocenters. The lowest BCUT2D eigenvalue weighted by Crippen LogP contribution is -2.32. The Balaban J connectivity index is 1.75. The van der Waals surface area contributed by atoms with E-state index in [9.17, 15) is 22.4 Å². The Bertz CT molecular complexity index is 1010. The van der Waals surface area contributed by atoms with Crippen molar-refractivity contribution in [3.05, 3.63) is 58.4 Å². The molecule has 0 unspecified atom stereocenters. The fraction of sp³-hybridized carbons (Fsp3) is 0.176. The van der Waals surface area contributed by atoms with E-state index < -0.39 is 21.7 Å². The summed E-state index contributed by atoms with van der Waals surface area (Å²) in [6, 6.07) is 8.04. The maximum absolute atomic E-state index is 13.4. The Morgan fingerprint density at radius 2 is 1.96 bits per heavy atom. The van der Waals surface area contributed by atoms with Gasteiger partial charge in [-0.1, -0.05) is 17.7 Å². The predicted molar refractivity (Wildman–Crippen MR) is 93.8 cm³/mol. The number of benzene rings is 2. The Labute approximate surface area is 154 Å². The molecule has 2 aromatic rings. The molecular weight excluding hydrogens is 383 g/mol. The van der Waals surface area contributed by atoms with Gasteiger partial charge >= 0.3 is 0 Å². The van der Waals surface area contributed by atoms with Crippen LogP contribution in [0.15, 0.2) is 41.3 Å². The zero-order chi connectivity index (χ0) is 18.9. The number of carbonyl (C=O) groups is 2. The Morgan fingerprint density at radius 3 is 2.69 bits per heavy atom. The highest BCUT2D eigenvalue weighted by atomic mass is 35.5. The molecule has 2 aromatic carbocycles. The molecule has 0 saturated carbocycles. The van der Waals surface area contributed by atoms with Crippen LogP contribution in [0.5, 0.6) is 0 Å². The van der Waals surface area contributed by atoms with Crippen LogP contribution in [0.2, 0.25) is 5.02 Å². The highest BCUT2D eigenvalue weighted by molar-refractivity contribution is 7.90. The number of nitrogens with one attached hydrogen (secondary N) is 2. The van der Waals surface area contributed by atoms with Gasteiger partial charge in [0.05, 0.1) is 16.3 Å². The average Bonchev–Trinajstić information content (AvgIpc) is 2.57. The fourth-order valence-electron chi connectivity index (χ4n) is 2.61. The first-order chi connectivity index (χ1) is 12.2. The molecule has 26 heavy (non-hydrogen) atoms. The van der Waals surface area contributed by atoms with E-state index in [-0.39, 0.29) is 28.7 Å². The Morgan fingerprint density at radius 1 is 1.19 bits per heavy atom. The number of carbonyl (C=O) groups excluding carboxylic acids is 2. The average molecular weight is 397 g/mol. The summed E-state index contributed by atoms with van der Waals surface area (Å²) >= 11 is 5.57. The van der Waals surface area contributed by atoms with E-state index in [0.29, 0.717) is 23.2 Å². The summed E-state index contributed by atoms with van der Waals surface area (Å²) in [6.07, 6.45) is 0.377. The Hall–Kier alpha value is -2.45. The van der Waals surface area contributed by atoms with Gasteiger partial charge in [0.1, 0.15) is 5.82 Å². The molecule has 2 N–H and O–H groups in total. The summed E-state index contributed by atoms with van der Waals surface area (Å²) in [6.45, 7) is 0.